The fraction of sp³-hybridized carbons (Fsp3) is 0.333. The van der Waals surface area contributed by atoms with Crippen molar-refractivity contribution < 1.29 is 14.3 Å². The molecule has 0 aliphatic carbocycles. The molecule has 0 bridgehead atoms. The molecule has 3 heteroatoms. The van der Waals surface area contributed by atoms with Crippen LogP contribution in [0.25, 0.3) is 0 Å². The van der Waals surface area contributed by atoms with Gasteiger partial charge in [0.1, 0.15) is 23.4 Å². The van der Waals surface area contributed by atoms with Crippen LogP contribution in [0.1, 0.15) is 35.7 Å². The van der Waals surface area contributed by atoms with E-state index in [0.717, 1.165) is 16.9 Å². The number of ether oxygens (including phenoxy) is 1. The van der Waals surface area contributed by atoms with Crippen molar-refractivity contribution in [2.75, 3.05) is 6.61 Å². The summed E-state index contributed by atoms with van der Waals surface area (Å²) in [6.45, 7) is 6.34. The Morgan fingerprint density at radius 2 is 2.00 bits per heavy atom. The Balaban J connectivity index is 2.39. The highest BCUT2D eigenvalue weighted by molar-refractivity contribution is 5.41. The summed E-state index contributed by atoms with van der Waals surface area (Å²) < 4.78 is 11.0. The summed E-state index contributed by atoms with van der Waals surface area (Å²) in [4.78, 5) is 0. The molecule has 0 saturated heterocycles. The van der Waals surface area contributed by atoms with Crippen molar-refractivity contribution in [3.63, 3.8) is 0 Å². The van der Waals surface area contributed by atoms with Gasteiger partial charge in [-0.05, 0) is 45.0 Å². The van der Waals surface area contributed by atoms with Gasteiger partial charge < -0.3 is 14.3 Å². The number of hydrogen-bond donors (Lipinski definition) is 1. The van der Waals surface area contributed by atoms with Gasteiger partial charge in [0.15, 0.2) is 0 Å². The van der Waals surface area contributed by atoms with Crippen LogP contribution in [0, 0.1) is 13.8 Å². The minimum atomic E-state index is -0.792. The normalized spacial score (nSPS) is 12.4. The SMILES string of the molecule is CCOc1ccc(C)cc1C(O)c1ccc(C)o1. The number of aliphatic hydroxyl groups excluding tert-OH is 1. The van der Waals surface area contributed by atoms with Crippen LogP contribution in [0.4, 0.5) is 0 Å². The van der Waals surface area contributed by atoms with Gasteiger partial charge in [0, 0.05) is 5.56 Å². The first-order valence-electron chi connectivity index (χ1n) is 6.09. The third-order valence-electron chi connectivity index (χ3n) is 2.79. The number of furan rings is 1. The molecule has 1 N–H and O–H groups in total. The highest BCUT2D eigenvalue weighted by Gasteiger charge is 2.18. The van der Waals surface area contributed by atoms with Crippen LogP contribution >= 0.6 is 0 Å². The molecule has 0 radical (unpaired) electrons. The van der Waals surface area contributed by atoms with Crippen molar-refractivity contribution in [1.29, 1.82) is 0 Å². The zero-order chi connectivity index (χ0) is 13.1. The van der Waals surface area contributed by atoms with Gasteiger partial charge in [0.2, 0.25) is 0 Å². The Hall–Kier alpha value is -1.74. The maximum absolute atomic E-state index is 10.4. The van der Waals surface area contributed by atoms with Crippen LogP contribution in [0.5, 0.6) is 5.75 Å². The average Bonchev–Trinajstić information content (AvgIpc) is 2.77. The molecule has 96 valence electrons. The fourth-order valence-electron chi connectivity index (χ4n) is 1.92. The Labute approximate surface area is 107 Å². The quantitative estimate of drug-likeness (QED) is 0.899. The third kappa shape index (κ3) is 2.57. The predicted molar refractivity (Wildman–Crippen MR) is 69.9 cm³/mol. The van der Waals surface area contributed by atoms with E-state index in [1.165, 1.54) is 0 Å². The molecule has 0 aliphatic rings. The van der Waals surface area contributed by atoms with E-state index >= 15 is 0 Å². The number of benzene rings is 1. The largest absolute Gasteiger partial charge is 0.493 e. The van der Waals surface area contributed by atoms with E-state index in [9.17, 15) is 5.11 Å². The van der Waals surface area contributed by atoms with Crippen molar-refractivity contribution in [1.82, 2.24) is 0 Å². The van der Waals surface area contributed by atoms with E-state index < -0.39 is 6.10 Å². The van der Waals surface area contributed by atoms with E-state index in [2.05, 4.69) is 0 Å². The molecule has 1 heterocycles. The first-order valence-corrected chi connectivity index (χ1v) is 6.09. The number of rotatable bonds is 4. The van der Waals surface area contributed by atoms with Crippen LogP contribution in [-0.4, -0.2) is 11.7 Å². The lowest BCUT2D eigenvalue weighted by atomic mass is 10.0. The van der Waals surface area contributed by atoms with Gasteiger partial charge in [0.25, 0.3) is 0 Å². The third-order valence-corrected chi connectivity index (χ3v) is 2.79. The number of aryl methyl sites for hydroxylation is 2. The van der Waals surface area contributed by atoms with Gasteiger partial charge in [0.05, 0.1) is 6.61 Å². The minimum absolute atomic E-state index is 0.541. The second-order valence-corrected chi connectivity index (χ2v) is 4.33. The number of aliphatic hydroxyl groups is 1. The lowest BCUT2D eigenvalue weighted by molar-refractivity contribution is 0.181. The van der Waals surface area contributed by atoms with Crippen LogP contribution in [0.3, 0.4) is 0 Å². The Bertz CT molecular complexity index is 528. The van der Waals surface area contributed by atoms with Gasteiger partial charge in [-0.1, -0.05) is 11.6 Å². The summed E-state index contributed by atoms with van der Waals surface area (Å²) in [6.07, 6.45) is -0.792. The molecule has 18 heavy (non-hydrogen) atoms. The van der Waals surface area contributed by atoms with E-state index in [1.807, 2.05) is 45.0 Å². The molecule has 3 nitrogen and oxygen atoms in total. The van der Waals surface area contributed by atoms with Crippen molar-refractivity contribution in [3.05, 3.63) is 53.0 Å². The van der Waals surface area contributed by atoms with Gasteiger partial charge >= 0.3 is 0 Å². The van der Waals surface area contributed by atoms with Crippen LogP contribution in [0.15, 0.2) is 34.7 Å². The molecule has 0 fully saturated rings. The average molecular weight is 246 g/mol. The Kier molecular flexibility index (Phi) is 3.72. The minimum Gasteiger partial charge on any atom is -0.493 e. The molecule has 2 aromatic rings. The van der Waals surface area contributed by atoms with Crippen LogP contribution in [-0.2, 0) is 0 Å². The van der Waals surface area contributed by atoms with E-state index in [4.69, 9.17) is 9.15 Å². The first-order chi connectivity index (χ1) is 8.61. The summed E-state index contributed by atoms with van der Waals surface area (Å²) in [5.74, 6) is 2.03. The summed E-state index contributed by atoms with van der Waals surface area (Å²) in [5.41, 5.74) is 1.82. The van der Waals surface area contributed by atoms with Crippen LogP contribution in [0.2, 0.25) is 0 Å². The molecule has 1 atom stereocenters. The highest BCUT2D eigenvalue weighted by atomic mass is 16.5. The monoisotopic (exact) mass is 246 g/mol. The van der Waals surface area contributed by atoms with Gasteiger partial charge in [-0.25, -0.2) is 0 Å². The predicted octanol–water partition coefficient (Wildman–Crippen LogP) is 3.38. The van der Waals surface area contributed by atoms with Crippen molar-refractivity contribution in [2.45, 2.75) is 26.9 Å². The zero-order valence-corrected chi connectivity index (χ0v) is 10.9. The summed E-state index contributed by atoms with van der Waals surface area (Å²) in [5, 5.41) is 10.4. The van der Waals surface area contributed by atoms with Crippen LogP contribution < -0.4 is 4.74 Å². The van der Waals surface area contributed by atoms with Gasteiger partial charge in [-0.15, -0.1) is 0 Å². The highest BCUT2D eigenvalue weighted by Crippen LogP contribution is 2.31. The molecular formula is C15H18O3. The lowest BCUT2D eigenvalue weighted by Gasteiger charge is -2.15. The second kappa shape index (κ2) is 5.27. The molecule has 0 spiro atoms. The van der Waals surface area contributed by atoms with E-state index in [0.29, 0.717) is 18.1 Å². The standard InChI is InChI=1S/C15H18O3/c1-4-17-13-7-5-10(2)9-12(13)15(16)14-8-6-11(3)18-14/h5-9,15-16H,4H2,1-3H3. The molecular weight excluding hydrogens is 228 g/mol. The Morgan fingerprint density at radius 1 is 1.22 bits per heavy atom. The molecule has 1 aromatic carbocycles. The number of hydrogen-bond acceptors (Lipinski definition) is 3. The van der Waals surface area contributed by atoms with Gasteiger partial charge in [-0.2, -0.15) is 0 Å². The summed E-state index contributed by atoms with van der Waals surface area (Å²) in [7, 11) is 0. The molecule has 1 unspecified atom stereocenters. The smallest absolute Gasteiger partial charge is 0.140 e. The molecule has 0 amide bonds. The molecule has 1 aromatic heterocycles. The van der Waals surface area contributed by atoms with E-state index in [1.54, 1.807) is 6.07 Å². The fourth-order valence-corrected chi connectivity index (χ4v) is 1.92. The summed E-state index contributed by atoms with van der Waals surface area (Å²) in [6, 6.07) is 9.40. The van der Waals surface area contributed by atoms with E-state index in [-0.39, 0.29) is 0 Å². The maximum atomic E-state index is 10.4. The first kappa shape index (κ1) is 12.7. The molecule has 2 rings (SSSR count). The van der Waals surface area contributed by atoms with Crippen molar-refractivity contribution in [3.8, 4) is 5.75 Å². The topological polar surface area (TPSA) is 42.6 Å². The summed E-state index contributed by atoms with van der Waals surface area (Å²) >= 11 is 0. The molecule has 0 aliphatic heterocycles. The zero-order valence-electron chi connectivity index (χ0n) is 10.9. The van der Waals surface area contributed by atoms with Crippen molar-refractivity contribution in [2.24, 2.45) is 0 Å². The Morgan fingerprint density at radius 3 is 2.61 bits per heavy atom. The molecule has 0 saturated carbocycles. The van der Waals surface area contributed by atoms with Gasteiger partial charge in [-0.3, -0.25) is 0 Å². The lowest BCUT2D eigenvalue weighted by Crippen LogP contribution is -2.03. The second-order valence-electron chi connectivity index (χ2n) is 4.33. The van der Waals surface area contributed by atoms with Crippen molar-refractivity contribution >= 4 is 0 Å². The maximum Gasteiger partial charge on any atom is 0.140 e.